The van der Waals surface area contributed by atoms with Crippen LogP contribution in [0.4, 0.5) is 5.82 Å². The fraction of sp³-hybridized carbons (Fsp3) is 0.321. The van der Waals surface area contributed by atoms with Gasteiger partial charge in [-0.1, -0.05) is 35.5 Å². The average Bonchev–Trinajstić information content (AvgIpc) is 3.29. The van der Waals surface area contributed by atoms with Crippen molar-refractivity contribution in [3.05, 3.63) is 72.2 Å². The maximum atomic E-state index is 11.4. The summed E-state index contributed by atoms with van der Waals surface area (Å²) in [5.41, 5.74) is 5.22. The molecule has 1 aliphatic carbocycles. The summed E-state index contributed by atoms with van der Waals surface area (Å²) in [5.74, 6) is 0.340. The Kier molecular flexibility index (Phi) is 7.11. The van der Waals surface area contributed by atoms with Crippen molar-refractivity contribution >= 4 is 11.8 Å². The van der Waals surface area contributed by atoms with Crippen molar-refractivity contribution in [2.45, 2.75) is 45.3 Å². The first-order chi connectivity index (χ1) is 18.0. The number of hydrogen-bond acceptors (Lipinski definition) is 7. The van der Waals surface area contributed by atoms with E-state index in [4.69, 9.17) is 9.72 Å². The van der Waals surface area contributed by atoms with Crippen LogP contribution in [0.5, 0.6) is 5.75 Å². The normalized spacial score (nSPS) is 17.4. The molecule has 3 aromatic heterocycles. The number of nitrogens with one attached hydrogen (secondary N) is 1. The minimum atomic E-state index is -0.746. The topological polar surface area (TPSA) is 115 Å². The molecule has 1 aromatic carbocycles. The molecule has 0 saturated heterocycles. The second-order valence-electron chi connectivity index (χ2n) is 9.38. The molecule has 37 heavy (non-hydrogen) atoms. The minimum Gasteiger partial charge on any atom is -0.489 e. The van der Waals surface area contributed by atoms with E-state index in [1.54, 1.807) is 10.9 Å². The number of aromatic nitrogens is 5. The molecule has 9 heteroatoms. The lowest BCUT2D eigenvalue weighted by Gasteiger charge is -2.27. The Morgan fingerprint density at radius 1 is 1.14 bits per heavy atom. The summed E-state index contributed by atoms with van der Waals surface area (Å²) in [7, 11) is 1.85. The molecule has 1 fully saturated rings. The van der Waals surface area contributed by atoms with Crippen LogP contribution in [0.25, 0.3) is 22.5 Å². The van der Waals surface area contributed by atoms with Crippen LogP contribution < -0.4 is 10.1 Å². The van der Waals surface area contributed by atoms with Gasteiger partial charge in [0.1, 0.15) is 17.3 Å². The molecule has 0 spiro atoms. The highest BCUT2D eigenvalue weighted by molar-refractivity contribution is 5.70. The number of nitrogens with zero attached hydrogens (tertiary/aromatic N) is 5. The summed E-state index contributed by atoms with van der Waals surface area (Å²) in [6.07, 6.45) is 4.62. The number of carbonyl (C=O) groups is 1. The predicted molar refractivity (Wildman–Crippen MR) is 140 cm³/mol. The Morgan fingerprint density at radius 3 is 2.76 bits per heavy atom. The second kappa shape index (κ2) is 10.8. The molecule has 1 saturated carbocycles. The Hall–Kier alpha value is -4.27. The number of carboxylic acids is 1. The molecule has 3 heterocycles. The minimum absolute atomic E-state index is 0.114. The molecule has 2 N–H and O–H groups in total. The first-order valence-corrected chi connectivity index (χ1v) is 12.5. The molecular formula is C28H30N6O3. The zero-order chi connectivity index (χ0) is 25.8. The third kappa shape index (κ3) is 5.61. The average molecular weight is 499 g/mol. The molecule has 4 aromatic rings. The van der Waals surface area contributed by atoms with E-state index in [1.807, 2.05) is 56.4 Å². The van der Waals surface area contributed by atoms with E-state index < -0.39 is 5.97 Å². The van der Waals surface area contributed by atoms with E-state index in [9.17, 15) is 9.90 Å². The second-order valence-corrected chi connectivity index (χ2v) is 9.38. The van der Waals surface area contributed by atoms with E-state index in [0.29, 0.717) is 36.5 Å². The smallest absolute Gasteiger partial charge is 0.306 e. The van der Waals surface area contributed by atoms with Crippen molar-refractivity contribution in [2.24, 2.45) is 13.0 Å². The molecule has 0 radical (unpaired) electrons. The quantitative estimate of drug-likeness (QED) is 0.353. The van der Waals surface area contributed by atoms with Gasteiger partial charge in [-0.2, -0.15) is 0 Å². The maximum absolute atomic E-state index is 11.4. The van der Waals surface area contributed by atoms with E-state index in [2.05, 4.69) is 32.7 Å². The molecule has 0 amide bonds. The van der Waals surface area contributed by atoms with Gasteiger partial charge in [-0.15, -0.1) is 5.10 Å². The molecule has 0 aliphatic heterocycles. The maximum Gasteiger partial charge on any atom is 0.306 e. The number of anilines is 1. The third-order valence-corrected chi connectivity index (χ3v) is 6.80. The van der Waals surface area contributed by atoms with Crippen LogP contribution in [0.3, 0.4) is 0 Å². The molecule has 190 valence electrons. The van der Waals surface area contributed by atoms with E-state index in [0.717, 1.165) is 41.2 Å². The van der Waals surface area contributed by atoms with Crippen molar-refractivity contribution in [1.29, 1.82) is 0 Å². The summed E-state index contributed by atoms with van der Waals surface area (Å²) in [6, 6.07) is 18.0. The van der Waals surface area contributed by atoms with Crippen LogP contribution in [0.1, 0.15) is 37.1 Å². The Labute approximate surface area is 215 Å². The monoisotopic (exact) mass is 498 g/mol. The van der Waals surface area contributed by atoms with Gasteiger partial charge in [0, 0.05) is 13.2 Å². The van der Waals surface area contributed by atoms with Crippen molar-refractivity contribution in [2.75, 3.05) is 5.32 Å². The molecule has 0 bridgehead atoms. The summed E-state index contributed by atoms with van der Waals surface area (Å²) in [4.78, 5) is 20.6. The highest BCUT2D eigenvalue weighted by atomic mass is 16.5. The fourth-order valence-corrected chi connectivity index (χ4v) is 4.75. The van der Waals surface area contributed by atoms with Gasteiger partial charge in [-0.05, 0) is 68.0 Å². The van der Waals surface area contributed by atoms with Crippen LogP contribution in [-0.4, -0.2) is 42.1 Å². The van der Waals surface area contributed by atoms with Gasteiger partial charge in [0.15, 0.2) is 0 Å². The summed E-state index contributed by atoms with van der Waals surface area (Å²) < 4.78 is 7.89. The lowest BCUT2D eigenvalue weighted by atomic mass is 9.87. The van der Waals surface area contributed by atoms with Gasteiger partial charge >= 0.3 is 5.97 Å². The van der Waals surface area contributed by atoms with Crippen molar-refractivity contribution in [3.8, 4) is 28.3 Å². The number of carboxylic acid groups (broad SMARTS) is 1. The summed E-state index contributed by atoms with van der Waals surface area (Å²) >= 11 is 0. The van der Waals surface area contributed by atoms with Gasteiger partial charge in [0.05, 0.1) is 35.6 Å². The summed E-state index contributed by atoms with van der Waals surface area (Å²) in [5, 5.41) is 21.3. The zero-order valence-electron chi connectivity index (χ0n) is 21.0. The fourth-order valence-electron chi connectivity index (χ4n) is 4.75. The first-order valence-electron chi connectivity index (χ1n) is 12.5. The number of ether oxygens (including phenoxy) is 1. The lowest BCUT2D eigenvalue weighted by molar-refractivity contribution is -0.143. The molecule has 5 rings (SSSR count). The highest BCUT2D eigenvalue weighted by Gasteiger charge is 2.28. The van der Waals surface area contributed by atoms with Crippen molar-refractivity contribution < 1.29 is 14.6 Å². The largest absolute Gasteiger partial charge is 0.489 e. The van der Waals surface area contributed by atoms with Gasteiger partial charge in [-0.25, -0.2) is 14.6 Å². The van der Waals surface area contributed by atoms with E-state index in [-0.39, 0.29) is 12.0 Å². The Morgan fingerprint density at radius 2 is 1.97 bits per heavy atom. The van der Waals surface area contributed by atoms with Gasteiger partial charge in [0.2, 0.25) is 0 Å². The zero-order valence-corrected chi connectivity index (χ0v) is 21.0. The molecule has 0 unspecified atom stereocenters. The molecular weight excluding hydrogens is 468 g/mol. The SMILES string of the molecule is Cc1nc(-c2nnn(C)c2CNc2cc(-c3ccccc3)ccn2)ccc1O[C@@H]1CCC[C@@H](C(=O)O)C1. The standard InChI is InChI=1S/C28H30N6O3/c1-18-25(37-22-10-6-9-21(15-22)28(35)36)12-11-23(31-18)27-24(34(2)33-32-27)17-30-26-16-20(13-14-29-26)19-7-4-3-5-8-19/h3-5,7-8,11-14,16,21-22H,6,9-10,15,17H2,1-2H3,(H,29,30)(H,35,36)/t21-,22-/m1/s1. The highest BCUT2D eigenvalue weighted by Crippen LogP contribution is 2.30. The number of rotatable bonds is 8. The number of pyridine rings is 2. The molecule has 2 atom stereocenters. The van der Waals surface area contributed by atoms with Crippen LogP contribution in [-0.2, 0) is 18.4 Å². The van der Waals surface area contributed by atoms with Crippen molar-refractivity contribution in [3.63, 3.8) is 0 Å². The van der Waals surface area contributed by atoms with Gasteiger partial charge in [0.25, 0.3) is 0 Å². The summed E-state index contributed by atoms with van der Waals surface area (Å²) in [6.45, 7) is 2.37. The lowest BCUT2D eigenvalue weighted by Crippen LogP contribution is -2.29. The Balaban J connectivity index is 1.30. The van der Waals surface area contributed by atoms with Crippen LogP contribution >= 0.6 is 0 Å². The number of hydrogen-bond donors (Lipinski definition) is 2. The number of aryl methyl sites for hydroxylation is 2. The van der Waals surface area contributed by atoms with Crippen LogP contribution in [0.2, 0.25) is 0 Å². The third-order valence-electron chi connectivity index (χ3n) is 6.80. The van der Waals surface area contributed by atoms with E-state index >= 15 is 0 Å². The first kappa shape index (κ1) is 24.4. The van der Waals surface area contributed by atoms with Gasteiger partial charge in [-0.3, -0.25) is 4.79 Å². The van der Waals surface area contributed by atoms with Crippen molar-refractivity contribution in [1.82, 2.24) is 25.0 Å². The molecule has 1 aliphatic rings. The number of aliphatic carboxylic acids is 1. The number of benzene rings is 1. The van der Waals surface area contributed by atoms with E-state index in [1.165, 1.54) is 0 Å². The predicted octanol–water partition coefficient (Wildman–Crippen LogP) is 4.88. The molecule has 9 nitrogen and oxygen atoms in total. The Bertz CT molecular complexity index is 1390. The van der Waals surface area contributed by atoms with Crippen LogP contribution in [0.15, 0.2) is 60.8 Å². The van der Waals surface area contributed by atoms with Crippen LogP contribution in [0, 0.1) is 12.8 Å². The van der Waals surface area contributed by atoms with Gasteiger partial charge < -0.3 is 15.2 Å².